The van der Waals surface area contributed by atoms with Gasteiger partial charge in [-0.15, -0.1) is 11.3 Å². The van der Waals surface area contributed by atoms with E-state index < -0.39 is 0 Å². The van der Waals surface area contributed by atoms with E-state index in [0.29, 0.717) is 5.92 Å². The average molecular weight is 260 g/mol. The highest BCUT2D eigenvalue weighted by Gasteiger charge is 2.11. The third-order valence-corrected chi connectivity index (χ3v) is 3.91. The van der Waals surface area contributed by atoms with E-state index in [1.54, 1.807) is 11.3 Å². The highest BCUT2D eigenvalue weighted by atomic mass is 32.1. The minimum absolute atomic E-state index is 0.637. The monoisotopic (exact) mass is 260 g/mol. The Bertz CT molecular complexity index is 448. The molecule has 18 heavy (non-hydrogen) atoms. The highest BCUT2D eigenvalue weighted by molar-refractivity contribution is 7.09. The molecule has 96 valence electrons. The van der Waals surface area contributed by atoms with Gasteiger partial charge in [0.25, 0.3) is 0 Å². The van der Waals surface area contributed by atoms with Crippen molar-refractivity contribution in [3.8, 4) is 0 Å². The third kappa shape index (κ3) is 3.93. The summed E-state index contributed by atoms with van der Waals surface area (Å²) in [5, 5.41) is 3.30. The van der Waals surface area contributed by atoms with Crippen molar-refractivity contribution in [2.24, 2.45) is 5.92 Å². The number of thiazole rings is 1. The summed E-state index contributed by atoms with van der Waals surface area (Å²) in [6.45, 7) is 3.18. The minimum atomic E-state index is 0.637. The highest BCUT2D eigenvalue weighted by Crippen LogP contribution is 2.17. The number of benzene rings is 1. The topological polar surface area (TPSA) is 24.9 Å². The SMILES string of the molecule is CNCC(Cc1ccc(C)cc1)Cc1cncs1. The molecule has 1 heterocycles. The Kier molecular flexibility index (Phi) is 4.90. The van der Waals surface area contributed by atoms with Crippen LogP contribution in [0.1, 0.15) is 16.0 Å². The molecule has 0 spiro atoms. The molecule has 0 aliphatic heterocycles. The summed E-state index contributed by atoms with van der Waals surface area (Å²) >= 11 is 1.75. The molecule has 0 bridgehead atoms. The molecule has 2 nitrogen and oxygen atoms in total. The van der Waals surface area contributed by atoms with Gasteiger partial charge in [-0.25, -0.2) is 0 Å². The van der Waals surface area contributed by atoms with E-state index in [2.05, 4.69) is 41.5 Å². The van der Waals surface area contributed by atoms with Crippen molar-refractivity contribution in [1.82, 2.24) is 10.3 Å². The fourth-order valence-corrected chi connectivity index (χ4v) is 2.90. The first-order valence-electron chi connectivity index (χ1n) is 6.35. The van der Waals surface area contributed by atoms with Gasteiger partial charge in [0, 0.05) is 11.1 Å². The van der Waals surface area contributed by atoms with Gasteiger partial charge in [0.05, 0.1) is 5.51 Å². The lowest BCUT2D eigenvalue weighted by Gasteiger charge is -2.15. The second kappa shape index (κ2) is 6.66. The number of nitrogens with zero attached hydrogens (tertiary/aromatic N) is 1. The Morgan fingerprint density at radius 3 is 2.61 bits per heavy atom. The molecule has 0 fully saturated rings. The van der Waals surface area contributed by atoms with Crippen LogP contribution in [-0.2, 0) is 12.8 Å². The molecular weight excluding hydrogens is 240 g/mol. The van der Waals surface area contributed by atoms with Crippen molar-refractivity contribution < 1.29 is 0 Å². The van der Waals surface area contributed by atoms with Crippen LogP contribution in [0.15, 0.2) is 36.0 Å². The minimum Gasteiger partial charge on any atom is -0.319 e. The molecule has 0 saturated heterocycles. The molecule has 0 aliphatic rings. The summed E-state index contributed by atoms with van der Waals surface area (Å²) in [4.78, 5) is 5.53. The van der Waals surface area contributed by atoms with E-state index in [1.165, 1.54) is 16.0 Å². The van der Waals surface area contributed by atoms with Gasteiger partial charge < -0.3 is 5.32 Å². The van der Waals surface area contributed by atoms with E-state index in [-0.39, 0.29) is 0 Å². The Labute approximate surface area is 113 Å². The molecule has 0 radical (unpaired) electrons. The summed E-state index contributed by atoms with van der Waals surface area (Å²) in [5.41, 5.74) is 4.66. The molecule has 1 aromatic carbocycles. The van der Waals surface area contributed by atoms with Crippen LogP contribution in [0.5, 0.6) is 0 Å². The lowest BCUT2D eigenvalue weighted by atomic mass is 9.95. The van der Waals surface area contributed by atoms with Gasteiger partial charge in [-0.1, -0.05) is 29.8 Å². The molecule has 0 amide bonds. The van der Waals surface area contributed by atoms with E-state index in [1.807, 2.05) is 18.8 Å². The van der Waals surface area contributed by atoms with Crippen LogP contribution < -0.4 is 5.32 Å². The normalized spacial score (nSPS) is 12.6. The van der Waals surface area contributed by atoms with Crippen LogP contribution in [0.25, 0.3) is 0 Å². The van der Waals surface area contributed by atoms with Crippen molar-refractivity contribution in [2.75, 3.05) is 13.6 Å². The summed E-state index contributed by atoms with van der Waals surface area (Å²) in [6, 6.07) is 8.87. The predicted molar refractivity (Wildman–Crippen MR) is 78.1 cm³/mol. The summed E-state index contributed by atoms with van der Waals surface area (Å²) in [7, 11) is 2.02. The zero-order valence-corrected chi connectivity index (χ0v) is 11.8. The maximum atomic E-state index is 4.15. The van der Waals surface area contributed by atoms with Crippen molar-refractivity contribution in [1.29, 1.82) is 0 Å². The number of aryl methyl sites for hydroxylation is 1. The zero-order valence-electron chi connectivity index (χ0n) is 11.0. The maximum absolute atomic E-state index is 4.15. The van der Waals surface area contributed by atoms with Crippen molar-refractivity contribution in [3.05, 3.63) is 52.0 Å². The van der Waals surface area contributed by atoms with Crippen molar-refractivity contribution in [3.63, 3.8) is 0 Å². The lowest BCUT2D eigenvalue weighted by Crippen LogP contribution is -2.22. The second-order valence-corrected chi connectivity index (χ2v) is 5.76. The third-order valence-electron chi connectivity index (χ3n) is 3.11. The van der Waals surface area contributed by atoms with Crippen LogP contribution >= 0.6 is 11.3 Å². The van der Waals surface area contributed by atoms with Gasteiger partial charge in [0.2, 0.25) is 0 Å². The molecule has 1 N–H and O–H groups in total. The van der Waals surface area contributed by atoms with Crippen LogP contribution in [0, 0.1) is 12.8 Å². The summed E-state index contributed by atoms with van der Waals surface area (Å²) in [6.07, 6.45) is 4.22. The van der Waals surface area contributed by atoms with Gasteiger partial charge in [-0.2, -0.15) is 0 Å². The first kappa shape index (κ1) is 13.2. The second-order valence-electron chi connectivity index (χ2n) is 4.79. The standard InChI is InChI=1S/C15H20N2S/c1-12-3-5-13(6-4-12)7-14(9-16-2)8-15-10-17-11-18-15/h3-6,10-11,14,16H,7-9H2,1-2H3. The molecule has 3 heteroatoms. The van der Waals surface area contributed by atoms with Gasteiger partial charge in [-0.3, -0.25) is 4.98 Å². The van der Waals surface area contributed by atoms with Crippen LogP contribution in [-0.4, -0.2) is 18.6 Å². The van der Waals surface area contributed by atoms with E-state index >= 15 is 0 Å². The van der Waals surface area contributed by atoms with Crippen LogP contribution in [0.3, 0.4) is 0 Å². The molecule has 2 rings (SSSR count). The fraction of sp³-hybridized carbons (Fsp3) is 0.400. The van der Waals surface area contributed by atoms with Gasteiger partial charge in [0.15, 0.2) is 0 Å². The predicted octanol–water partition coefficient (Wildman–Crippen LogP) is 3.07. The Morgan fingerprint density at radius 2 is 2.00 bits per heavy atom. The first-order chi connectivity index (χ1) is 8.78. The van der Waals surface area contributed by atoms with Crippen LogP contribution in [0.2, 0.25) is 0 Å². The molecule has 1 aromatic heterocycles. The lowest BCUT2D eigenvalue weighted by molar-refractivity contribution is 0.496. The molecular formula is C15H20N2S. The molecule has 1 unspecified atom stereocenters. The smallest absolute Gasteiger partial charge is 0.0794 e. The molecule has 1 atom stereocenters. The van der Waals surface area contributed by atoms with E-state index in [9.17, 15) is 0 Å². The number of nitrogens with one attached hydrogen (secondary N) is 1. The maximum Gasteiger partial charge on any atom is 0.0794 e. The summed E-state index contributed by atoms with van der Waals surface area (Å²) in [5.74, 6) is 0.637. The van der Waals surface area contributed by atoms with Crippen molar-refractivity contribution in [2.45, 2.75) is 19.8 Å². The largest absolute Gasteiger partial charge is 0.319 e. The Balaban J connectivity index is 1.99. The van der Waals surface area contributed by atoms with E-state index in [0.717, 1.165) is 19.4 Å². The number of rotatable bonds is 6. The van der Waals surface area contributed by atoms with Crippen molar-refractivity contribution >= 4 is 11.3 Å². The Hall–Kier alpha value is -1.19. The molecule has 0 saturated carbocycles. The fourth-order valence-electron chi connectivity index (χ4n) is 2.19. The quantitative estimate of drug-likeness (QED) is 0.863. The van der Waals surface area contributed by atoms with Gasteiger partial charge in [-0.05, 0) is 44.8 Å². The first-order valence-corrected chi connectivity index (χ1v) is 7.23. The number of aromatic nitrogens is 1. The summed E-state index contributed by atoms with van der Waals surface area (Å²) < 4.78 is 0. The number of hydrogen-bond donors (Lipinski definition) is 1. The molecule has 0 aliphatic carbocycles. The number of hydrogen-bond acceptors (Lipinski definition) is 3. The zero-order chi connectivity index (χ0) is 12.8. The molecule has 2 aromatic rings. The van der Waals surface area contributed by atoms with Gasteiger partial charge >= 0.3 is 0 Å². The Morgan fingerprint density at radius 1 is 1.22 bits per heavy atom. The van der Waals surface area contributed by atoms with Crippen LogP contribution in [0.4, 0.5) is 0 Å². The average Bonchev–Trinajstić information content (AvgIpc) is 2.85. The van der Waals surface area contributed by atoms with E-state index in [4.69, 9.17) is 0 Å². The van der Waals surface area contributed by atoms with Gasteiger partial charge in [0.1, 0.15) is 0 Å².